The van der Waals surface area contributed by atoms with Crippen molar-refractivity contribution < 1.29 is 19.4 Å². The maximum Gasteiger partial charge on any atom is 0.298 e. The first-order chi connectivity index (χ1) is 11.5. The Morgan fingerprint density at radius 3 is 2.46 bits per heavy atom. The van der Waals surface area contributed by atoms with Gasteiger partial charge in [-0.1, -0.05) is 18.2 Å². The van der Waals surface area contributed by atoms with E-state index < -0.39 is 0 Å². The number of carbonyl (C=O) groups excluding carboxylic acids is 2. The van der Waals surface area contributed by atoms with Gasteiger partial charge in [0.2, 0.25) is 0 Å². The van der Waals surface area contributed by atoms with Gasteiger partial charge in [-0.15, -0.1) is 0 Å². The molecule has 2 aromatic rings. The largest absolute Gasteiger partial charge is 0.508 e. The Morgan fingerprint density at radius 2 is 1.83 bits per heavy atom. The van der Waals surface area contributed by atoms with E-state index in [1.165, 1.54) is 12.1 Å². The maximum atomic E-state index is 12.7. The summed E-state index contributed by atoms with van der Waals surface area (Å²) in [7, 11) is 1.59. The van der Waals surface area contributed by atoms with Crippen LogP contribution in [0.2, 0.25) is 0 Å². The van der Waals surface area contributed by atoms with Gasteiger partial charge in [0.15, 0.2) is 0 Å². The fourth-order valence-electron chi connectivity index (χ4n) is 2.42. The van der Waals surface area contributed by atoms with Gasteiger partial charge in [-0.25, -0.2) is 4.90 Å². The third kappa shape index (κ3) is 2.88. The molecule has 2 aromatic carbocycles. The lowest BCUT2D eigenvalue weighted by molar-refractivity contribution is -0.113. The zero-order chi connectivity index (χ0) is 17.3. The molecule has 5 nitrogen and oxygen atoms in total. The average Bonchev–Trinajstić information content (AvgIpc) is 2.89. The smallest absolute Gasteiger partial charge is 0.298 e. The predicted molar refractivity (Wildman–Crippen MR) is 94.2 cm³/mol. The second-order valence-corrected chi connectivity index (χ2v) is 6.17. The number of thioether (sulfide) groups is 1. The van der Waals surface area contributed by atoms with Crippen molar-refractivity contribution in [2.24, 2.45) is 0 Å². The number of aromatic hydroxyl groups is 1. The number of imide groups is 1. The van der Waals surface area contributed by atoms with Gasteiger partial charge in [0, 0.05) is 6.07 Å². The van der Waals surface area contributed by atoms with Crippen LogP contribution in [0.5, 0.6) is 11.5 Å². The first kappa shape index (κ1) is 16.1. The number of rotatable bonds is 3. The summed E-state index contributed by atoms with van der Waals surface area (Å²) in [6, 6.07) is 13.4. The van der Waals surface area contributed by atoms with Crippen LogP contribution < -0.4 is 9.64 Å². The van der Waals surface area contributed by atoms with Crippen molar-refractivity contribution in [3.63, 3.8) is 0 Å². The normalized spacial score (nSPS) is 16.5. The Kier molecular flexibility index (Phi) is 4.31. The fraction of sp³-hybridized carbons (Fsp3) is 0.111. The number of carbonyl (C=O) groups is 2. The third-order valence-electron chi connectivity index (χ3n) is 3.72. The highest BCUT2D eigenvalue weighted by molar-refractivity contribution is 8.19. The molecule has 6 heteroatoms. The Bertz CT molecular complexity index is 842. The van der Waals surface area contributed by atoms with E-state index in [0.717, 1.165) is 33.5 Å². The number of anilines is 1. The minimum atomic E-state index is -0.385. The lowest BCUT2D eigenvalue weighted by atomic mass is 10.1. The standard InChI is InChI=1S/C18H15NO4S/c1-11(12-6-8-15(23-2)9-7-12)16-17(21)19(18(22)24-16)13-4-3-5-14(20)10-13/h3-10,20H,1-2H3/b16-11+. The zero-order valence-corrected chi connectivity index (χ0v) is 14.0. The third-order valence-corrected chi connectivity index (χ3v) is 4.76. The second kappa shape index (κ2) is 6.41. The molecule has 1 N–H and O–H groups in total. The summed E-state index contributed by atoms with van der Waals surface area (Å²) in [6.07, 6.45) is 0. The van der Waals surface area contributed by atoms with Crippen molar-refractivity contribution in [3.05, 3.63) is 59.0 Å². The molecule has 24 heavy (non-hydrogen) atoms. The van der Waals surface area contributed by atoms with Crippen molar-refractivity contribution in [2.75, 3.05) is 12.0 Å². The van der Waals surface area contributed by atoms with Gasteiger partial charge in [0.1, 0.15) is 11.5 Å². The molecule has 3 rings (SSSR count). The topological polar surface area (TPSA) is 66.8 Å². The Morgan fingerprint density at radius 1 is 1.12 bits per heavy atom. The molecule has 0 unspecified atom stereocenters. The SMILES string of the molecule is COc1ccc(/C(C)=C2/SC(=O)N(c3cccc(O)c3)C2=O)cc1. The molecule has 1 heterocycles. The molecule has 0 spiro atoms. The van der Waals surface area contributed by atoms with Gasteiger partial charge in [-0.3, -0.25) is 9.59 Å². The van der Waals surface area contributed by atoms with Gasteiger partial charge in [-0.05, 0) is 54.1 Å². The molecule has 122 valence electrons. The Labute approximate surface area is 143 Å². The van der Waals surface area contributed by atoms with E-state index in [1.54, 1.807) is 38.3 Å². The van der Waals surface area contributed by atoms with E-state index >= 15 is 0 Å². The number of benzene rings is 2. The summed E-state index contributed by atoms with van der Waals surface area (Å²) >= 11 is 0.900. The lowest BCUT2D eigenvalue weighted by Gasteiger charge is -2.12. The first-order valence-electron chi connectivity index (χ1n) is 7.22. The molecule has 0 bridgehead atoms. The van der Waals surface area contributed by atoms with Crippen LogP contribution in [0.15, 0.2) is 53.4 Å². The van der Waals surface area contributed by atoms with Crippen molar-refractivity contribution >= 4 is 34.2 Å². The predicted octanol–water partition coefficient (Wildman–Crippen LogP) is 4.03. The van der Waals surface area contributed by atoms with Crippen LogP contribution >= 0.6 is 11.8 Å². The molecule has 1 fully saturated rings. The van der Waals surface area contributed by atoms with Gasteiger partial charge < -0.3 is 9.84 Å². The number of ether oxygens (including phenoxy) is 1. The van der Waals surface area contributed by atoms with Crippen molar-refractivity contribution in [3.8, 4) is 11.5 Å². The highest BCUT2D eigenvalue weighted by atomic mass is 32.2. The minimum Gasteiger partial charge on any atom is -0.508 e. The number of amides is 2. The van der Waals surface area contributed by atoms with Crippen molar-refractivity contribution in [1.29, 1.82) is 0 Å². The number of phenols is 1. The van der Waals surface area contributed by atoms with E-state index in [1.807, 2.05) is 12.1 Å². The van der Waals surface area contributed by atoms with E-state index in [9.17, 15) is 14.7 Å². The van der Waals surface area contributed by atoms with Gasteiger partial charge >= 0.3 is 0 Å². The van der Waals surface area contributed by atoms with E-state index in [0.29, 0.717) is 10.6 Å². The van der Waals surface area contributed by atoms with Crippen LogP contribution in [0, 0.1) is 0 Å². The molecular weight excluding hydrogens is 326 g/mol. The highest BCUT2D eigenvalue weighted by Crippen LogP contribution is 2.39. The Hall–Kier alpha value is -2.73. The summed E-state index contributed by atoms with van der Waals surface area (Å²) in [5, 5.41) is 9.19. The van der Waals surface area contributed by atoms with Crippen molar-refractivity contribution in [1.82, 2.24) is 0 Å². The van der Waals surface area contributed by atoms with E-state index in [4.69, 9.17) is 4.74 Å². The molecule has 0 saturated carbocycles. The van der Waals surface area contributed by atoms with Crippen molar-refractivity contribution in [2.45, 2.75) is 6.92 Å². The maximum absolute atomic E-state index is 12.7. The number of phenolic OH excluding ortho intramolecular Hbond substituents is 1. The van der Waals surface area contributed by atoms with E-state index in [2.05, 4.69) is 0 Å². The summed E-state index contributed by atoms with van der Waals surface area (Å²) in [5.41, 5.74) is 1.93. The van der Waals surface area contributed by atoms with Crippen LogP contribution in [-0.4, -0.2) is 23.4 Å². The number of nitrogens with zero attached hydrogens (tertiary/aromatic N) is 1. The van der Waals surface area contributed by atoms with Crippen LogP contribution in [0.4, 0.5) is 10.5 Å². The molecule has 0 radical (unpaired) electrons. The van der Waals surface area contributed by atoms with Gasteiger partial charge in [0.05, 0.1) is 17.7 Å². The zero-order valence-electron chi connectivity index (χ0n) is 13.1. The molecule has 0 aromatic heterocycles. The summed E-state index contributed by atoms with van der Waals surface area (Å²) in [4.78, 5) is 26.4. The number of hydrogen-bond donors (Lipinski definition) is 1. The lowest BCUT2D eigenvalue weighted by Crippen LogP contribution is -2.27. The molecule has 0 atom stereocenters. The second-order valence-electron chi connectivity index (χ2n) is 5.21. The summed E-state index contributed by atoms with van der Waals surface area (Å²) in [5.74, 6) is 0.339. The fourth-order valence-corrected chi connectivity index (χ4v) is 3.33. The average molecular weight is 341 g/mol. The highest BCUT2D eigenvalue weighted by Gasteiger charge is 2.37. The monoisotopic (exact) mass is 341 g/mol. The van der Waals surface area contributed by atoms with Gasteiger partial charge in [0.25, 0.3) is 11.1 Å². The van der Waals surface area contributed by atoms with Crippen LogP contribution in [0.25, 0.3) is 5.57 Å². The Balaban J connectivity index is 1.97. The summed E-state index contributed by atoms with van der Waals surface area (Å²) in [6.45, 7) is 1.81. The van der Waals surface area contributed by atoms with E-state index in [-0.39, 0.29) is 16.9 Å². The number of hydrogen-bond acceptors (Lipinski definition) is 5. The van der Waals surface area contributed by atoms with Crippen LogP contribution in [0.1, 0.15) is 12.5 Å². The number of allylic oxidation sites excluding steroid dienone is 1. The minimum absolute atomic E-state index is 0.00223. The molecule has 1 saturated heterocycles. The first-order valence-corrected chi connectivity index (χ1v) is 8.03. The summed E-state index contributed by atoms with van der Waals surface area (Å²) < 4.78 is 5.12. The van der Waals surface area contributed by atoms with Crippen LogP contribution in [-0.2, 0) is 4.79 Å². The molecular formula is C18H15NO4S. The molecule has 0 aliphatic carbocycles. The molecule has 1 aliphatic rings. The molecule has 2 amide bonds. The quantitative estimate of drug-likeness (QED) is 0.854. The van der Waals surface area contributed by atoms with Crippen LogP contribution in [0.3, 0.4) is 0 Å². The molecule has 1 aliphatic heterocycles. The number of methoxy groups -OCH3 is 1. The van der Waals surface area contributed by atoms with Gasteiger partial charge in [-0.2, -0.15) is 0 Å².